The number of fused-ring (bicyclic) bond motifs is 1. The van der Waals surface area contributed by atoms with Gasteiger partial charge < -0.3 is 20.1 Å². The van der Waals surface area contributed by atoms with Crippen LogP contribution in [0.2, 0.25) is 0 Å². The highest BCUT2D eigenvalue weighted by molar-refractivity contribution is 5.85. The summed E-state index contributed by atoms with van der Waals surface area (Å²) in [6.45, 7) is 5.44. The molecule has 2 rings (SSSR count). The molecule has 0 fully saturated rings. The average molecular weight is 292 g/mol. The van der Waals surface area contributed by atoms with E-state index in [0.29, 0.717) is 13.2 Å². The van der Waals surface area contributed by atoms with Crippen LogP contribution in [0, 0.1) is 0 Å². The number of likely N-dealkylation sites (N-methyl/N-ethyl adjacent to an activating group) is 1. The predicted octanol–water partition coefficient (Wildman–Crippen LogP) is 2.01. The van der Waals surface area contributed by atoms with Crippen molar-refractivity contribution in [1.82, 2.24) is 10.2 Å². The summed E-state index contributed by atoms with van der Waals surface area (Å²) in [5.74, 6) is -0.286. The maximum atomic E-state index is 12.4. The number of para-hydroxylation sites is 1. The molecule has 1 aromatic rings. The van der Waals surface area contributed by atoms with Crippen LogP contribution in [-0.2, 0) is 4.79 Å². The highest BCUT2D eigenvalue weighted by Gasteiger charge is 2.38. The van der Waals surface area contributed by atoms with E-state index in [4.69, 9.17) is 4.74 Å². The summed E-state index contributed by atoms with van der Waals surface area (Å²) in [5, 5.41) is 12.1. The second kappa shape index (κ2) is 5.63. The monoisotopic (exact) mass is 292 g/mol. The third-order valence-corrected chi connectivity index (χ3v) is 3.76. The molecule has 0 saturated heterocycles. The number of nitrogens with one attached hydrogen (secondary N) is 1. The van der Waals surface area contributed by atoms with Crippen LogP contribution in [0.5, 0.6) is 5.75 Å². The van der Waals surface area contributed by atoms with Crippen molar-refractivity contribution < 1.29 is 19.4 Å². The highest BCUT2D eigenvalue weighted by Crippen LogP contribution is 2.32. The average Bonchev–Trinajstić information content (AvgIpc) is 2.82. The Bertz CT molecular complexity index is 556. The molecular weight excluding hydrogens is 272 g/mol. The third kappa shape index (κ3) is 2.79. The Hall–Kier alpha value is -2.24. The Labute approximate surface area is 123 Å². The molecule has 0 saturated carbocycles. The normalized spacial score (nSPS) is 16.8. The maximum Gasteiger partial charge on any atom is 0.329 e. The second-order valence-corrected chi connectivity index (χ2v) is 5.46. The number of hydrogen-bond acceptors (Lipinski definition) is 3. The van der Waals surface area contributed by atoms with Crippen molar-refractivity contribution >= 4 is 12.0 Å². The molecular formula is C15H20N2O4. The van der Waals surface area contributed by atoms with Gasteiger partial charge in [-0.15, -0.1) is 0 Å². The minimum atomic E-state index is -1.27. The molecule has 1 aliphatic rings. The molecule has 2 amide bonds. The number of carbonyl (C=O) groups excluding carboxylic acids is 1. The number of urea groups is 1. The Morgan fingerprint density at radius 3 is 2.71 bits per heavy atom. The van der Waals surface area contributed by atoms with Gasteiger partial charge in [-0.05, 0) is 26.8 Å². The molecule has 2 N–H and O–H groups in total. The standard InChI is InChI=1S/C15H20N2O4/c1-4-17(15(2,3)13(18)19)14(20)16-11-9-21-12-8-6-5-7-10(11)12/h5-8,11H,4,9H2,1-3H3,(H,16,20)(H,18,19). The maximum absolute atomic E-state index is 12.4. The van der Waals surface area contributed by atoms with Crippen LogP contribution >= 0.6 is 0 Å². The number of amides is 2. The Kier molecular flexibility index (Phi) is 4.06. The second-order valence-electron chi connectivity index (χ2n) is 5.46. The molecule has 0 aliphatic carbocycles. The van der Waals surface area contributed by atoms with E-state index in [0.717, 1.165) is 11.3 Å². The lowest BCUT2D eigenvalue weighted by Gasteiger charge is -2.34. The quantitative estimate of drug-likeness (QED) is 0.890. The summed E-state index contributed by atoms with van der Waals surface area (Å²) < 4.78 is 5.51. The number of hydrogen-bond donors (Lipinski definition) is 2. The molecule has 1 aromatic carbocycles. The van der Waals surface area contributed by atoms with Crippen molar-refractivity contribution in [2.24, 2.45) is 0 Å². The van der Waals surface area contributed by atoms with E-state index in [1.807, 2.05) is 24.3 Å². The summed E-state index contributed by atoms with van der Waals surface area (Å²) in [4.78, 5) is 25.0. The van der Waals surface area contributed by atoms with Crippen LogP contribution < -0.4 is 10.1 Å². The van der Waals surface area contributed by atoms with Gasteiger partial charge in [0.25, 0.3) is 0 Å². The van der Waals surface area contributed by atoms with Crippen molar-refractivity contribution in [1.29, 1.82) is 0 Å². The number of rotatable bonds is 4. The largest absolute Gasteiger partial charge is 0.491 e. The van der Waals surface area contributed by atoms with Crippen molar-refractivity contribution in [2.45, 2.75) is 32.4 Å². The third-order valence-electron chi connectivity index (χ3n) is 3.76. The molecule has 1 aliphatic heterocycles. The van der Waals surface area contributed by atoms with Gasteiger partial charge in [-0.1, -0.05) is 18.2 Å². The lowest BCUT2D eigenvalue weighted by Crippen LogP contribution is -2.56. The molecule has 0 spiro atoms. The van der Waals surface area contributed by atoms with Gasteiger partial charge in [0, 0.05) is 12.1 Å². The number of ether oxygens (including phenoxy) is 1. The molecule has 1 atom stereocenters. The minimum Gasteiger partial charge on any atom is -0.491 e. The zero-order valence-electron chi connectivity index (χ0n) is 12.4. The van der Waals surface area contributed by atoms with Crippen LogP contribution in [0.3, 0.4) is 0 Å². The van der Waals surface area contributed by atoms with E-state index >= 15 is 0 Å². The molecule has 0 aromatic heterocycles. The first-order chi connectivity index (χ1) is 9.87. The van der Waals surface area contributed by atoms with Gasteiger partial charge in [-0.25, -0.2) is 9.59 Å². The summed E-state index contributed by atoms with van der Waals surface area (Å²) >= 11 is 0. The predicted molar refractivity (Wildman–Crippen MR) is 77.3 cm³/mol. The number of nitrogens with zero attached hydrogens (tertiary/aromatic N) is 1. The van der Waals surface area contributed by atoms with Crippen LogP contribution in [0.1, 0.15) is 32.4 Å². The summed E-state index contributed by atoms with van der Waals surface area (Å²) in [7, 11) is 0. The van der Waals surface area contributed by atoms with Crippen molar-refractivity contribution in [3.8, 4) is 5.75 Å². The fourth-order valence-electron chi connectivity index (χ4n) is 2.42. The van der Waals surface area contributed by atoms with Gasteiger partial charge in [-0.2, -0.15) is 0 Å². The fraction of sp³-hybridized carbons (Fsp3) is 0.467. The SMILES string of the molecule is CCN(C(=O)NC1COc2ccccc21)C(C)(C)C(=O)O. The highest BCUT2D eigenvalue weighted by atomic mass is 16.5. The number of carbonyl (C=O) groups is 2. The number of carboxylic acids is 1. The van der Waals surface area contributed by atoms with Crippen LogP contribution in [0.15, 0.2) is 24.3 Å². The lowest BCUT2D eigenvalue weighted by molar-refractivity contribution is -0.147. The molecule has 1 heterocycles. The van der Waals surface area contributed by atoms with Crippen LogP contribution in [0.4, 0.5) is 4.79 Å². The van der Waals surface area contributed by atoms with Gasteiger partial charge in [0.15, 0.2) is 0 Å². The summed E-state index contributed by atoms with van der Waals surface area (Å²) in [5.41, 5.74) is -0.354. The fourth-order valence-corrected chi connectivity index (χ4v) is 2.42. The number of aliphatic carboxylic acids is 1. The Morgan fingerprint density at radius 2 is 2.10 bits per heavy atom. The van der Waals surface area contributed by atoms with Crippen molar-refractivity contribution in [3.63, 3.8) is 0 Å². The smallest absolute Gasteiger partial charge is 0.329 e. The van der Waals surface area contributed by atoms with Crippen molar-refractivity contribution in [3.05, 3.63) is 29.8 Å². The molecule has 114 valence electrons. The first-order valence-corrected chi connectivity index (χ1v) is 6.91. The van der Waals surface area contributed by atoms with Crippen LogP contribution in [-0.4, -0.2) is 40.7 Å². The first kappa shape index (κ1) is 15.2. The molecule has 0 radical (unpaired) electrons. The Morgan fingerprint density at radius 1 is 1.43 bits per heavy atom. The molecule has 6 heteroatoms. The molecule has 1 unspecified atom stereocenters. The van der Waals surface area contributed by atoms with E-state index in [2.05, 4.69) is 5.32 Å². The van der Waals surface area contributed by atoms with E-state index in [-0.39, 0.29) is 6.04 Å². The molecule has 6 nitrogen and oxygen atoms in total. The summed E-state index contributed by atoms with van der Waals surface area (Å²) in [6.07, 6.45) is 0. The zero-order chi connectivity index (χ0) is 15.6. The number of carboxylic acid groups (broad SMARTS) is 1. The topological polar surface area (TPSA) is 78.9 Å². The van der Waals surface area contributed by atoms with E-state index < -0.39 is 17.5 Å². The van der Waals surface area contributed by atoms with E-state index in [1.165, 1.54) is 18.7 Å². The van der Waals surface area contributed by atoms with E-state index in [9.17, 15) is 14.7 Å². The first-order valence-electron chi connectivity index (χ1n) is 6.91. The summed E-state index contributed by atoms with van der Waals surface area (Å²) in [6, 6.07) is 6.83. The van der Waals surface area contributed by atoms with Gasteiger partial charge in [-0.3, -0.25) is 0 Å². The van der Waals surface area contributed by atoms with Gasteiger partial charge >= 0.3 is 12.0 Å². The van der Waals surface area contributed by atoms with Gasteiger partial charge in [0.1, 0.15) is 17.9 Å². The molecule has 21 heavy (non-hydrogen) atoms. The van der Waals surface area contributed by atoms with Gasteiger partial charge in [0.2, 0.25) is 0 Å². The number of benzene rings is 1. The van der Waals surface area contributed by atoms with Gasteiger partial charge in [0.05, 0.1) is 6.04 Å². The van der Waals surface area contributed by atoms with E-state index in [1.54, 1.807) is 6.92 Å². The van der Waals surface area contributed by atoms with Crippen LogP contribution in [0.25, 0.3) is 0 Å². The minimum absolute atomic E-state index is 0.257. The Balaban J connectivity index is 2.13. The zero-order valence-corrected chi connectivity index (χ0v) is 12.4. The van der Waals surface area contributed by atoms with Crippen molar-refractivity contribution in [2.75, 3.05) is 13.2 Å². The lowest BCUT2D eigenvalue weighted by atomic mass is 10.0. The molecule has 0 bridgehead atoms.